The van der Waals surface area contributed by atoms with E-state index in [4.69, 9.17) is 4.74 Å². The van der Waals surface area contributed by atoms with E-state index in [2.05, 4.69) is 11.4 Å². The number of aryl methyl sites for hydroxylation is 1. The highest BCUT2D eigenvalue weighted by Crippen LogP contribution is 2.25. The summed E-state index contributed by atoms with van der Waals surface area (Å²) in [5.74, 6) is 0.932. The standard InChI is InChI=1S/C17H18N2O2/c1-12-3-8-17(20)15(9-12)16(10-18)19-11-13-4-6-14(21-2)7-5-13/h3-9,16,19-20H,11H2,1-2H3. The van der Waals surface area contributed by atoms with Gasteiger partial charge in [-0.05, 0) is 36.8 Å². The molecule has 2 rings (SSSR count). The smallest absolute Gasteiger partial charge is 0.125 e. The molecule has 21 heavy (non-hydrogen) atoms. The fourth-order valence-corrected chi connectivity index (χ4v) is 2.09. The molecule has 0 spiro atoms. The first kappa shape index (κ1) is 14.9. The summed E-state index contributed by atoms with van der Waals surface area (Å²) in [4.78, 5) is 0. The molecule has 0 aliphatic heterocycles. The number of phenols is 1. The number of methoxy groups -OCH3 is 1. The third kappa shape index (κ3) is 3.74. The van der Waals surface area contributed by atoms with Crippen molar-refractivity contribution < 1.29 is 9.84 Å². The summed E-state index contributed by atoms with van der Waals surface area (Å²) in [6.45, 7) is 2.47. The molecule has 4 nitrogen and oxygen atoms in total. The van der Waals surface area contributed by atoms with Gasteiger partial charge < -0.3 is 9.84 Å². The van der Waals surface area contributed by atoms with Crippen molar-refractivity contribution in [3.05, 3.63) is 59.2 Å². The molecule has 4 heteroatoms. The molecular formula is C17H18N2O2. The second-order valence-corrected chi connectivity index (χ2v) is 4.85. The van der Waals surface area contributed by atoms with Gasteiger partial charge in [0.25, 0.3) is 0 Å². The molecule has 0 bridgehead atoms. The van der Waals surface area contributed by atoms with Crippen molar-refractivity contribution in [2.24, 2.45) is 0 Å². The van der Waals surface area contributed by atoms with Crippen molar-refractivity contribution in [3.63, 3.8) is 0 Å². The van der Waals surface area contributed by atoms with Crippen molar-refractivity contribution in [2.45, 2.75) is 19.5 Å². The molecule has 0 aliphatic carbocycles. The van der Waals surface area contributed by atoms with Gasteiger partial charge in [-0.2, -0.15) is 5.26 Å². The van der Waals surface area contributed by atoms with E-state index in [0.717, 1.165) is 16.9 Å². The van der Waals surface area contributed by atoms with Crippen LogP contribution in [0.25, 0.3) is 0 Å². The van der Waals surface area contributed by atoms with E-state index < -0.39 is 6.04 Å². The molecule has 2 aromatic carbocycles. The zero-order valence-corrected chi connectivity index (χ0v) is 12.1. The Morgan fingerprint density at radius 2 is 1.95 bits per heavy atom. The van der Waals surface area contributed by atoms with Gasteiger partial charge in [0.15, 0.2) is 0 Å². The lowest BCUT2D eigenvalue weighted by Gasteiger charge is -2.14. The largest absolute Gasteiger partial charge is 0.508 e. The van der Waals surface area contributed by atoms with E-state index >= 15 is 0 Å². The van der Waals surface area contributed by atoms with Crippen LogP contribution in [-0.4, -0.2) is 12.2 Å². The summed E-state index contributed by atoms with van der Waals surface area (Å²) >= 11 is 0. The minimum absolute atomic E-state index is 0.134. The van der Waals surface area contributed by atoms with Gasteiger partial charge in [-0.15, -0.1) is 0 Å². The van der Waals surface area contributed by atoms with Crippen LogP contribution >= 0.6 is 0 Å². The average Bonchev–Trinajstić information content (AvgIpc) is 2.51. The Labute approximate surface area is 124 Å². The zero-order valence-electron chi connectivity index (χ0n) is 12.1. The number of hydrogen-bond acceptors (Lipinski definition) is 4. The molecule has 0 aromatic heterocycles. The minimum atomic E-state index is -0.549. The van der Waals surface area contributed by atoms with Crippen LogP contribution in [0.5, 0.6) is 11.5 Å². The van der Waals surface area contributed by atoms with Crippen molar-refractivity contribution in [1.82, 2.24) is 5.32 Å². The SMILES string of the molecule is COc1ccc(CNC(C#N)c2cc(C)ccc2O)cc1. The first-order valence-electron chi connectivity index (χ1n) is 6.69. The van der Waals surface area contributed by atoms with Crippen LogP contribution in [0.1, 0.15) is 22.7 Å². The number of rotatable bonds is 5. The maximum Gasteiger partial charge on any atom is 0.125 e. The van der Waals surface area contributed by atoms with E-state index in [-0.39, 0.29) is 5.75 Å². The van der Waals surface area contributed by atoms with Crippen LogP contribution in [-0.2, 0) is 6.54 Å². The average molecular weight is 282 g/mol. The Hall–Kier alpha value is -2.51. The Balaban J connectivity index is 2.09. The number of nitrogens with zero attached hydrogens (tertiary/aromatic N) is 1. The Morgan fingerprint density at radius 3 is 2.57 bits per heavy atom. The summed E-state index contributed by atoms with van der Waals surface area (Å²) in [5, 5.41) is 22.4. The topological polar surface area (TPSA) is 65.3 Å². The monoisotopic (exact) mass is 282 g/mol. The van der Waals surface area contributed by atoms with Gasteiger partial charge in [-0.3, -0.25) is 5.32 Å². The highest BCUT2D eigenvalue weighted by Gasteiger charge is 2.14. The fraction of sp³-hybridized carbons (Fsp3) is 0.235. The summed E-state index contributed by atoms with van der Waals surface area (Å²) < 4.78 is 5.11. The summed E-state index contributed by atoms with van der Waals surface area (Å²) in [6.07, 6.45) is 0. The third-order valence-corrected chi connectivity index (χ3v) is 3.29. The van der Waals surface area contributed by atoms with Crippen molar-refractivity contribution in [3.8, 4) is 17.6 Å². The summed E-state index contributed by atoms with van der Waals surface area (Å²) in [6, 6.07) is 14.5. The lowest BCUT2D eigenvalue weighted by molar-refractivity contribution is 0.414. The van der Waals surface area contributed by atoms with E-state index in [1.165, 1.54) is 0 Å². The van der Waals surface area contributed by atoms with Gasteiger partial charge in [-0.25, -0.2) is 0 Å². The van der Waals surface area contributed by atoms with Crippen LogP contribution in [0.4, 0.5) is 0 Å². The van der Waals surface area contributed by atoms with Crippen LogP contribution in [0.15, 0.2) is 42.5 Å². The number of phenolic OH excluding ortho intramolecular Hbond substituents is 1. The van der Waals surface area contributed by atoms with Crippen LogP contribution in [0.2, 0.25) is 0 Å². The molecule has 0 aliphatic rings. The molecule has 1 unspecified atom stereocenters. The molecule has 2 N–H and O–H groups in total. The number of nitrogens with one attached hydrogen (secondary N) is 1. The van der Waals surface area contributed by atoms with Crippen LogP contribution < -0.4 is 10.1 Å². The van der Waals surface area contributed by atoms with Crippen LogP contribution in [0, 0.1) is 18.3 Å². The zero-order chi connectivity index (χ0) is 15.2. The lowest BCUT2D eigenvalue weighted by atomic mass is 10.0. The third-order valence-electron chi connectivity index (χ3n) is 3.29. The molecule has 108 valence electrons. The maximum absolute atomic E-state index is 9.89. The molecule has 0 saturated carbocycles. The van der Waals surface area contributed by atoms with Crippen molar-refractivity contribution in [2.75, 3.05) is 7.11 Å². The van der Waals surface area contributed by atoms with Gasteiger partial charge in [0, 0.05) is 12.1 Å². The van der Waals surface area contributed by atoms with E-state index in [1.54, 1.807) is 13.2 Å². The first-order chi connectivity index (χ1) is 10.1. The number of nitriles is 1. The predicted octanol–water partition coefficient (Wildman–Crippen LogP) is 3.06. The highest BCUT2D eigenvalue weighted by atomic mass is 16.5. The number of hydrogen-bond donors (Lipinski definition) is 2. The minimum Gasteiger partial charge on any atom is -0.508 e. The maximum atomic E-state index is 9.89. The first-order valence-corrected chi connectivity index (χ1v) is 6.69. The van der Waals surface area contributed by atoms with Crippen LogP contribution in [0.3, 0.4) is 0 Å². The molecule has 1 atom stereocenters. The lowest BCUT2D eigenvalue weighted by Crippen LogP contribution is -2.19. The number of ether oxygens (including phenoxy) is 1. The normalized spacial score (nSPS) is 11.7. The molecule has 2 aromatic rings. The van der Waals surface area contributed by atoms with Gasteiger partial charge in [0.1, 0.15) is 17.5 Å². The predicted molar refractivity (Wildman–Crippen MR) is 81.0 cm³/mol. The number of aromatic hydroxyl groups is 1. The summed E-state index contributed by atoms with van der Waals surface area (Å²) in [7, 11) is 1.62. The van der Waals surface area contributed by atoms with Gasteiger partial charge >= 0.3 is 0 Å². The van der Waals surface area contributed by atoms with E-state index in [9.17, 15) is 10.4 Å². The molecule has 0 fully saturated rings. The molecular weight excluding hydrogens is 264 g/mol. The fourth-order valence-electron chi connectivity index (χ4n) is 2.09. The number of benzene rings is 2. The molecule has 0 radical (unpaired) electrons. The quantitative estimate of drug-likeness (QED) is 0.884. The van der Waals surface area contributed by atoms with Gasteiger partial charge in [0.2, 0.25) is 0 Å². The van der Waals surface area contributed by atoms with Gasteiger partial charge in [-0.1, -0.05) is 23.8 Å². The second-order valence-electron chi connectivity index (χ2n) is 4.85. The Kier molecular flexibility index (Phi) is 4.81. The summed E-state index contributed by atoms with van der Waals surface area (Å²) in [5.41, 5.74) is 2.66. The van der Waals surface area contributed by atoms with Crippen molar-refractivity contribution in [1.29, 1.82) is 5.26 Å². The van der Waals surface area contributed by atoms with E-state index in [1.807, 2.05) is 43.3 Å². The molecule has 0 amide bonds. The Morgan fingerprint density at radius 1 is 1.24 bits per heavy atom. The Bertz CT molecular complexity index is 645. The van der Waals surface area contributed by atoms with E-state index in [0.29, 0.717) is 12.1 Å². The van der Waals surface area contributed by atoms with Gasteiger partial charge in [0.05, 0.1) is 13.2 Å². The second kappa shape index (κ2) is 6.78. The molecule has 0 saturated heterocycles. The molecule has 0 heterocycles. The highest BCUT2D eigenvalue weighted by molar-refractivity contribution is 5.40. The van der Waals surface area contributed by atoms with Crippen molar-refractivity contribution >= 4 is 0 Å².